The fourth-order valence-corrected chi connectivity index (χ4v) is 2.70. The van der Waals surface area contributed by atoms with Crippen molar-refractivity contribution >= 4 is 11.7 Å². The number of ether oxygens (including phenoxy) is 1. The van der Waals surface area contributed by atoms with Crippen LogP contribution in [-0.4, -0.2) is 61.4 Å². The first-order valence-electron chi connectivity index (χ1n) is 7.69. The largest absolute Gasteiger partial charge is 0.375 e. The van der Waals surface area contributed by atoms with E-state index in [2.05, 4.69) is 4.90 Å². The Bertz CT molecular complexity index is 513. The molecule has 0 unspecified atom stereocenters. The summed E-state index contributed by atoms with van der Waals surface area (Å²) < 4.78 is 4.92. The predicted molar refractivity (Wildman–Crippen MR) is 84.8 cm³/mol. The van der Waals surface area contributed by atoms with Crippen molar-refractivity contribution in [1.82, 2.24) is 9.80 Å². The molecule has 1 aliphatic rings. The Morgan fingerprint density at radius 3 is 2.45 bits per heavy atom. The minimum Gasteiger partial charge on any atom is -0.375 e. The average molecular weight is 304 g/mol. The Hall–Kier alpha value is -1.72. The first-order valence-corrected chi connectivity index (χ1v) is 7.69. The lowest BCUT2D eigenvalue weighted by Crippen LogP contribution is -2.37. The molecule has 22 heavy (non-hydrogen) atoms. The molecule has 0 aliphatic carbocycles. The van der Waals surface area contributed by atoms with Crippen LogP contribution in [0.3, 0.4) is 0 Å². The van der Waals surface area contributed by atoms with Crippen molar-refractivity contribution in [2.24, 2.45) is 0 Å². The zero-order valence-electron chi connectivity index (χ0n) is 13.4. The van der Waals surface area contributed by atoms with Crippen LogP contribution in [0, 0.1) is 0 Å². The second-order valence-electron chi connectivity index (χ2n) is 5.70. The number of methoxy groups -OCH3 is 1. The van der Waals surface area contributed by atoms with Gasteiger partial charge in [-0.25, -0.2) is 0 Å². The van der Waals surface area contributed by atoms with Crippen LogP contribution in [0.1, 0.15) is 29.3 Å². The molecule has 1 heterocycles. The van der Waals surface area contributed by atoms with E-state index in [9.17, 15) is 9.59 Å². The summed E-state index contributed by atoms with van der Waals surface area (Å²) in [5.74, 6) is 0.156. The van der Waals surface area contributed by atoms with Crippen LogP contribution in [0.25, 0.3) is 0 Å². The number of rotatable bonds is 5. The zero-order valence-corrected chi connectivity index (χ0v) is 13.4. The van der Waals surface area contributed by atoms with Gasteiger partial charge in [-0.05, 0) is 18.9 Å². The highest BCUT2D eigenvalue weighted by Gasteiger charge is 2.18. The van der Waals surface area contributed by atoms with Crippen LogP contribution in [0.15, 0.2) is 24.3 Å². The molecular weight excluding hydrogens is 280 g/mol. The van der Waals surface area contributed by atoms with Gasteiger partial charge in [0, 0.05) is 45.4 Å². The highest BCUT2D eigenvalue weighted by atomic mass is 16.5. The third-order valence-corrected chi connectivity index (χ3v) is 3.98. The van der Waals surface area contributed by atoms with Crippen molar-refractivity contribution < 1.29 is 14.3 Å². The monoisotopic (exact) mass is 304 g/mol. The summed E-state index contributed by atoms with van der Waals surface area (Å²) >= 11 is 0. The fourth-order valence-electron chi connectivity index (χ4n) is 2.70. The van der Waals surface area contributed by atoms with E-state index < -0.39 is 0 Å². The van der Waals surface area contributed by atoms with Gasteiger partial charge in [0.1, 0.15) is 6.61 Å². The van der Waals surface area contributed by atoms with Crippen molar-refractivity contribution in [3.05, 3.63) is 35.4 Å². The standard InChI is InChI=1S/C17H24N2O3/c1-14(20)16-6-4-15(5-7-16)12-18-8-3-9-19(11-10-18)17(21)13-22-2/h4-7H,3,8-13H2,1-2H3. The van der Waals surface area contributed by atoms with Crippen LogP contribution in [-0.2, 0) is 16.1 Å². The lowest BCUT2D eigenvalue weighted by molar-refractivity contribution is -0.135. The number of carbonyl (C=O) groups is 2. The second kappa shape index (κ2) is 8.06. The molecule has 1 aromatic carbocycles. The Balaban J connectivity index is 1.88. The lowest BCUT2D eigenvalue weighted by Gasteiger charge is -2.22. The summed E-state index contributed by atoms with van der Waals surface area (Å²) in [7, 11) is 1.55. The first-order chi connectivity index (χ1) is 10.6. The topological polar surface area (TPSA) is 49.9 Å². The number of hydrogen-bond donors (Lipinski definition) is 0. The van der Waals surface area contributed by atoms with Gasteiger partial charge in [-0.15, -0.1) is 0 Å². The van der Waals surface area contributed by atoms with Crippen molar-refractivity contribution in [3.63, 3.8) is 0 Å². The number of carbonyl (C=O) groups excluding carboxylic acids is 2. The Morgan fingerprint density at radius 1 is 1.09 bits per heavy atom. The third kappa shape index (κ3) is 4.64. The molecule has 0 saturated carbocycles. The van der Waals surface area contributed by atoms with Gasteiger partial charge in [0.2, 0.25) is 5.91 Å². The van der Waals surface area contributed by atoms with Gasteiger partial charge >= 0.3 is 0 Å². The van der Waals surface area contributed by atoms with E-state index in [-0.39, 0.29) is 18.3 Å². The van der Waals surface area contributed by atoms with Crippen LogP contribution < -0.4 is 0 Å². The van der Waals surface area contributed by atoms with E-state index in [4.69, 9.17) is 4.74 Å². The lowest BCUT2D eigenvalue weighted by atomic mass is 10.1. The number of amides is 1. The first kappa shape index (κ1) is 16.6. The normalized spacial score (nSPS) is 16.4. The third-order valence-electron chi connectivity index (χ3n) is 3.98. The summed E-state index contributed by atoms with van der Waals surface area (Å²) in [5, 5.41) is 0. The summed E-state index contributed by atoms with van der Waals surface area (Å²) in [6.45, 7) is 5.97. The van der Waals surface area contributed by atoms with E-state index in [0.717, 1.165) is 44.7 Å². The van der Waals surface area contributed by atoms with Crippen molar-refractivity contribution in [2.75, 3.05) is 39.9 Å². The molecule has 0 N–H and O–H groups in total. The maximum atomic E-state index is 11.9. The fraction of sp³-hybridized carbons (Fsp3) is 0.529. The molecule has 0 radical (unpaired) electrons. The van der Waals surface area contributed by atoms with Gasteiger partial charge in [-0.1, -0.05) is 24.3 Å². The molecule has 5 heteroatoms. The molecule has 1 saturated heterocycles. The van der Waals surface area contributed by atoms with Gasteiger partial charge in [0.25, 0.3) is 0 Å². The van der Waals surface area contributed by atoms with Gasteiger partial charge in [0.15, 0.2) is 5.78 Å². The van der Waals surface area contributed by atoms with Gasteiger partial charge in [0.05, 0.1) is 0 Å². The van der Waals surface area contributed by atoms with E-state index >= 15 is 0 Å². The summed E-state index contributed by atoms with van der Waals surface area (Å²) in [4.78, 5) is 27.4. The molecule has 1 aromatic rings. The van der Waals surface area contributed by atoms with Crippen molar-refractivity contribution in [3.8, 4) is 0 Å². The minimum atomic E-state index is 0.0650. The number of hydrogen-bond acceptors (Lipinski definition) is 4. The van der Waals surface area contributed by atoms with Gasteiger partial charge < -0.3 is 9.64 Å². The zero-order chi connectivity index (χ0) is 15.9. The number of benzene rings is 1. The highest BCUT2D eigenvalue weighted by Crippen LogP contribution is 2.11. The molecule has 0 bridgehead atoms. The number of nitrogens with zero attached hydrogens (tertiary/aromatic N) is 2. The van der Waals surface area contributed by atoms with Crippen LogP contribution in [0.2, 0.25) is 0 Å². The number of Topliss-reactive ketones (excluding diaryl/α,β-unsaturated/α-hetero) is 1. The second-order valence-corrected chi connectivity index (χ2v) is 5.70. The minimum absolute atomic E-state index is 0.0650. The highest BCUT2D eigenvalue weighted by molar-refractivity contribution is 5.94. The molecule has 5 nitrogen and oxygen atoms in total. The summed E-state index contributed by atoms with van der Waals surface area (Å²) in [5.41, 5.74) is 1.94. The molecule has 1 aliphatic heterocycles. The predicted octanol–water partition coefficient (Wildman–Crippen LogP) is 1.57. The van der Waals surface area contributed by atoms with E-state index in [1.54, 1.807) is 14.0 Å². The quantitative estimate of drug-likeness (QED) is 0.775. The maximum absolute atomic E-state index is 11.9. The molecule has 2 rings (SSSR count). The molecule has 0 spiro atoms. The van der Waals surface area contributed by atoms with Gasteiger partial charge in [-0.2, -0.15) is 0 Å². The smallest absolute Gasteiger partial charge is 0.248 e. The van der Waals surface area contributed by atoms with Crippen LogP contribution in [0.4, 0.5) is 0 Å². The SMILES string of the molecule is COCC(=O)N1CCCN(Cc2ccc(C(C)=O)cc2)CC1. The maximum Gasteiger partial charge on any atom is 0.248 e. The number of ketones is 1. The summed E-state index contributed by atoms with van der Waals surface area (Å²) in [6, 6.07) is 7.78. The van der Waals surface area contributed by atoms with Crippen molar-refractivity contribution in [1.29, 1.82) is 0 Å². The molecule has 1 fully saturated rings. The summed E-state index contributed by atoms with van der Waals surface area (Å²) in [6.07, 6.45) is 0.973. The Labute approximate surface area is 131 Å². The van der Waals surface area contributed by atoms with Gasteiger partial charge in [-0.3, -0.25) is 14.5 Å². The van der Waals surface area contributed by atoms with Crippen LogP contribution >= 0.6 is 0 Å². The van der Waals surface area contributed by atoms with Crippen LogP contribution in [0.5, 0.6) is 0 Å². The Morgan fingerprint density at radius 2 is 1.82 bits per heavy atom. The van der Waals surface area contributed by atoms with E-state index in [1.165, 1.54) is 5.56 Å². The molecular formula is C17H24N2O3. The molecule has 120 valence electrons. The molecule has 1 amide bonds. The van der Waals surface area contributed by atoms with E-state index in [0.29, 0.717) is 0 Å². The average Bonchev–Trinajstić information content (AvgIpc) is 2.74. The van der Waals surface area contributed by atoms with E-state index in [1.807, 2.05) is 29.2 Å². The molecule has 0 aromatic heterocycles. The molecule has 0 atom stereocenters. The van der Waals surface area contributed by atoms with Crippen molar-refractivity contribution in [2.45, 2.75) is 19.9 Å². The Kier molecular flexibility index (Phi) is 6.10.